The van der Waals surface area contributed by atoms with Gasteiger partial charge in [-0.05, 0) is 91.5 Å². The normalized spacial score (nSPS) is 14.2. The molecule has 10 aromatic carbocycles. The Kier molecular flexibility index (Phi) is 7.57. The lowest BCUT2D eigenvalue weighted by atomic mass is 9.80. The van der Waals surface area contributed by atoms with Crippen molar-refractivity contribution in [2.24, 2.45) is 0 Å². The summed E-state index contributed by atoms with van der Waals surface area (Å²) < 4.78 is 36.0. The molecule has 5 nitrogen and oxygen atoms in total. The van der Waals surface area contributed by atoms with Gasteiger partial charge in [-0.3, -0.25) is 0 Å². The molecule has 1 atom stereocenters. The van der Waals surface area contributed by atoms with Crippen LogP contribution in [0, 0.1) is 0 Å². The van der Waals surface area contributed by atoms with Crippen molar-refractivity contribution in [1.82, 2.24) is 0 Å². The van der Waals surface area contributed by atoms with Crippen LogP contribution in [0.2, 0.25) is 0 Å². The summed E-state index contributed by atoms with van der Waals surface area (Å²) in [6.45, 7) is 0. The second-order valence-corrected chi connectivity index (χ2v) is 19.1. The monoisotopic (exact) mass is 848 g/mol. The van der Waals surface area contributed by atoms with Crippen molar-refractivity contribution in [3.05, 3.63) is 199 Å². The minimum Gasteiger partial charge on any atom is -0.454 e. The van der Waals surface area contributed by atoms with Crippen molar-refractivity contribution in [2.45, 2.75) is 12.3 Å². The first-order chi connectivity index (χ1) is 31.2. The predicted octanol–water partition coefficient (Wildman–Crippen LogP) is 18.1. The molecule has 14 rings (SSSR count). The number of benzene rings is 10. The molecular weight excluding hydrogens is 815 g/mol. The molecule has 1 aliphatic heterocycles. The molecule has 63 heavy (non-hydrogen) atoms. The van der Waals surface area contributed by atoms with Gasteiger partial charge < -0.3 is 21.5 Å². The van der Waals surface area contributed by atoms with Crippen molar-refractivity contribution >= 4 is 109 Å². The molecule has 298 valence electrons. The summed E-state index contributed by atoms with van der Waals surface area (Å²) >= 11 is 0. The van der Waals surface area contributed by atoms with Crippen LogP contribution in [0.5, 0.6) is 11.5 Å². The van der Waals surface area contributed by atoms with Crippen LogP contribution in [0.4, 0.5) is 0 Å². The summed E-state index contributed by atoms with van der Waals surface area (Å²) in [6, 6.07) is 61.8. The highest BCUT2D eigenvalue weighted by Crippen LogP contribution is 2.61. The molecule has 2 aliphatic rings. The van der Waals surface area contributed by atoms with Gasteiger partial charge in [0.1, 0.15) is 44.4 Å². The van der Waals surface area contributed by atoms with Gasteiger partial charge in [0.2, 0.25) is 0 Å². The maximum absolute atomic E-state index is 7.39. The van der Waals surface area contributed by atoms with Gasteiger partial charge in [-0.2, -0.15) is 0 Å². The van der Waals surface area contributed by atoms with Crippen LogP contribution in [0.15, 0.2) is 199 Å². The number of hydrogen-bond donors (Lipinski definition) is 0. The van der Waals surface area contributed by atoms with Crippen LogP contribution in [-0.2, 0) is 0 Å². The van der Waals surface area contributed by atoms with E-state index in [1.54, 1.807) is 0 Å². The Morgan fingerprint density at radius 2 is 0.810 bits per heavy atom. The maximum Gasteiger partial charge on any atom is 0.256 e. The molecule has 0 radical (unpaired) electrons. The first-order valence-corrected chi connectivity index (χ1v) is 23.6. The van der Waals surface area contributed by atoms with Crippen molar-refractivity contribution in [3.63, 3.8) is 0 Å². The van der Waals surface area contributed by atoms with Crippen LogP contribution in [0.3, 0.4) is 0 Å². The van der Waals surface area contributed by atoms with Gasteiger partial charge in [-0.1, -0.05) is 152 Å². The second kappa shape index (κ2) is 13.5. The molecule has 2 aromatic heterocycles. The van der Waals surface area contributed by atoms with E-state index in [0.717, 1.165) is 132 Å². The lowest BCUT2D eigenvalue weighted by molar-refractivity contribution is 0.449. The van der Waals surface area contributed by atoms with Crippen LogP contribution in [-0.4, -0.2) is 0 Å². The molecule has 0 bridgehead atoms. The van der Waals surface area contributed by atoms with Crippen LogP contribution < -0.4 is 4.74 Å². The fraction of sp³-hybridized carbons (Fsp3) is 0.0357. The zero-order valence-electron chi connectivity index (χ0n) is 33.6. The lowest BCUT2D eigenvalue weighted by Crippen LogP contribution is -2.14. The van der Waals surface area contributed by atoms with Crippen molar-refractivity contribution in [3.8, 4) is 22.1 Å². The average molecular weight is 849 g/mol. The highest BCUT2D eigenvalue weighted by molar-refractivity contribution is 7.46. The standard InChI is InChI=1S/C56H34O5P2/c1-5-16-38-33(11-1)23-28-44-51(38)52-39-17-6-2-12-34(39)24-29-45(52)59-62(58-44)48-22-10-21-43-42-20-9-15-37-27-32-49(56(50(37)42)57-55(43)48)63-60-46-30-25-35-13-3-7-18-40(35)53(46)54-41-19-8-4-14-36(41)26-31-47(54)61-63/h1-19,21-32,42H,20H2. The summed E-state index contributed by atoms with van der Waals surface area (Å²) in [6.07, 6.45) is 5.32. The quantitative estimate of drug-likeness (QED) is 0.173. The Bertz CT molecular complexity index is 3870. The Morgan fingerprint density at radius 1 is 0.381 bits per heavy atom. The van der Waals surface area contributed by atoms with E-state index < -0.39 is 16.0 Å². The van der Waals surface area contributed by atoms with E-state index in [-0.39, 0.29) is 5.92 Å². The molecule has 3 heterocycles. The van der Waals surface area contributed by atoms with Crippen molar-refractivity contribution in [1.29, 1.82) is 0 Å². The SMILES string of the molecule is C1=Cc2ccc(-p3oc4ccc5ccccc5c4c4c(ccc5ccccc54)o3)c3c2C(C1)c1cccc(-p2oc4ccc5ccccc5c4c4c(ccc5ccccc54)o2)c1O3. The largest absolute Gasteiger partial charge is 0.454 e. The third-order valence-electron chi connectivity index (χ3n) is 13.0. The summed E-state index contributed by atoms with van der Waals surface area (Å²) in [5.41, 5.74) is 6.55. The van der Waals surface area contributed by atoms with E-state index in [1.165, 1.54) is 0 Å². The third-order valence-corrected chi connectivity index (χ3v) is 16.0. The Labute approximate surface area is 362 Å². The number of allylic oxidation sites excluding steroid dienone is 1. The predicted molar refractivity (Wildman–Crippen MR) is 261 cm³/mol. The van der Waals surface area contributed by atoms with E-state index in [0.29, 0.717) is 0 Å². The highest BCUT2D eigenvalue weighted by Gasteiger charge is 2.36. The van der Waals surface area contributed by atoms with E-state index in [2.05, 4.69) is 188 Å². The van der Waals surface area contributed by atoms with Gasteiger partial charge >= 0.3 is 0 Å². The van der Waals surface area contributed by atoms with Crippen molar-refractivity contribution in [2.75, 3.05) is 0 Å². The average Bonchev–Trinajstić information content (AvgIpc) is 3.63. The summed E-state index contributed by atoms with van der Waals surface area (Å²) in [5.74, 6) is 1.60. The Morgan fingerprint density at radius 3 is 1.27 bits per heavy atom. The maximum atomic E-state index is 7.39. The molecular formula is C56H34O5P2. The molecule has 12 aromatic rings. The molecule has 0 amide bonds. The molecule has 0 saturated heterocycles. The minimum atomic E-state index is -1.73. The third kappa shape index (κ3) is 5.25. The molecule has 1 unspecified atom stereocenters. The Hall–Kier alpha value is -7.42. The molecule has 0 spiro atoms. The highest BCUT2D eigenvalue weighted by atomic mass is 31.1. The van der Waals surface area contributed by atoms with Crippen LogP contribution >= 0.6 is 16.0 Å². The first-order valence-electron chi connectivity index (χ1n) is 21.3. The number of hydrogen-bond acceptors (Lipinski definition) is 5. The smallest absolute Gasteiger partial charge is 0.256 e. The van der Waals surface area contributed by atoms with Crippen molar-refractivity contribution < 1.29 is 21.5 Å². The molecule has 0 saturated carbocycles. The van der Waals surface area contributed by atoms with E-state index in [9.17, 15) is 0 Å². The lowest BCUT2D eigenvalue weighted by Gasteiger charge is -2.32. The van der Waals surface area contributed by atoms with Gasteiger partial charge in [0.05, 0.1) is 0 Å². The van der Waals surface area contributed by atoms with Gasteiger partial charge in [0.25, 0.3) is 16.0 Å². The van der Waals surface area contributed by atoms with Gasteiger partial charge in [0, 0.05) is 38.6 Å². The molecule has 0 fully saturated rings. The fourth-order valence-corrected chi connectivity index (χ4v) is 13.1. The van der Waals surface area contributed by atoms with E-state index in [1.807, 2.05) is 0 Å². The zero-order chi connectivity index (χ0) is 41.2. The summed E-state index contributed by atoms with van der Waals surface area (Å²) in [7, 11) is -3.46. The number of rotatable bonds is 2. The second-order valence-electron chi connectivity index (χ2n) is 16.4. The zero-order valence-corrected chi connectivity index (χ0v) is 35.4. The number of para-hydroxylation sites is 1. The van der Waals surface area contributed by atoms with E-state index >= 15 is 0 Å². The minimum absolute atomic E-state index is 0.0486. The molecule has 7 heteroatoms. The molecule has 1 aliphatic carbocycles. The number of ether oxygens (including phenoxy) is 1. The fourth-order valence-electron chi connectivity index (χ4n) is 10.2. The first kappa shape index (κ1) is 35.2. The van der Waals surface area contributed by atoms with Gasteiger partial charge in [0.15, 0.2) is 0 Å². The summed E-state index contributed by atoms with van der Waals surface area (Å²) in [5, 5.41) is 15.0. The van der Waals surface area contributed by atoms with E-state index in [4.69, 9.17) is 21.5 Å². The Balaban J connectivity index is 1.04. The van der Waals surface area contributed by atoms with Gasteiger partial charge in [-0.25, -0.2) is 0 Å². The number of fused-ring (bicyclic) bond motifs is 16. The summed E-state index contributed by atoms with van der Waals surface area (Å²) in [4.78, 5) is 0. The molecule has 0 N–H and O–H groups in total. The van der Waals surface area contributed by atoms with Crippen LogP contribution in [0.1, 0.15) is 29.0 Å². The topological polar surface area (TPSA) is 61.8 Å². The van der Waals surface area contributed by atoms with Gasteiger partial charge in [-0.15, -0.1) is 0 Å². The van der Waals surface area contributed by atoms with Crippen LogP contribution in [0.25, 0.3) is 104 Å².